The van der Waals surface area contributed by atoms with Crippen molar-refractivity contribution in [1.82, 2.24) is 4.90 Å². The zero-order valence-corrected chi connectivity index (χ0v) is 21.1. The van der Waals surface area contributed by atoms with Gasteiger partial charge < -0.3 is 20.3 Å². The van der Waals surface area contributed by atoms with Gasteiger partial charge in [0.2, 0.25) is 5.91 Å². The van der Waals surface area contributed by atoms with E-state index in [4.69, 9.17) is 4.74 Å². The van der Waals surface area contributed by atoms with Gasteiger partial charge in [-0.1, -0.05) is 52.5 Å². The summed E-state index contributed by atoms with van der Waals surface area (Å²) in [6.45, 7) is 8.68. The first-order chi connectivity index (χ1) is 16.6. The van der Waals surface area contributed by atoms with Crippen molar-refractivity contribution in [2.75, 3.05) is 36.9 Å². The van der Waals surface area contributed by atoms with E-state index in [1.807, 2.05) is 53.4 Å². The average molecular weight is 468 g/mol. The number of nitrogens with one attached hydrogen (secondary N) is 2. The van der Waals surface area contributed by atoms with Crippen LogP contribution < -0.4 is 15.4 Å². The summed E-state index contributed by atoms with van der Waals surface area (Å²) in [6, 6.07) is 14.8. The molecule has 0 radical (unpaired) electrons. The molecule has 34 heavy (non-hydrogen) atoms. The van der Waals surface area contributed by atoms with Gasteiger partial charge in [0.05, 0.1) is 13.2 Å². The average Bonchev–Trinajstić information content (AvgIpc) is 2.85. The highest BCUT2D eigenvalue weighted by Gasteiger charge is 2.14. The van der Waals surface area contributed by atoms with Gasteiger partial charge in [-0.3, -0.25) is 9.59 Å². The predicted molar refractivity (Wildman–Crippen MR) is 141 cm³/mol. The third kappa shape index (κ3) is 9.86. The summed E-state index contributed by atoms with van der Waals surface area (Å²) in [4.78, 5) is 27.1. The van der Waals surface area contributed by atoms with Crippen molar-refractivity contribution in [3.8, 4) is 5.75 Å². The second-order valence-electron chi connectivity index (χ2n) is 8.56. The van der Waals surface area contributed by atoms with Gasteiger partial charge in [-0.15, -0.1) is 0 Å². The van der Waals surface area contributed by atoms with Crippen LogP contribution in [0.3, 0.4) is 0 Å². The van der Waals surface area contributed by atoms with Crippen molar-refractivity contribution >= 4 is 23.2 Å². The largest absolute Gasteiger partial charge is 0.494 e. The van der Waals surface area contributed by atoms with Gasteiger partial charge in [0.15, 0.2) is 0 Å². The Hall–Kier alpha value is -3.02. The molecule has 2 N–H and O–H groups in total. The fourth-order valence-electron chi connectivity index (χ4n) is 3.72. The van der Waals surface area contributed by atoms with Gasteiger partial charge in [0, 0.05) is 30.0 Å². The minimum Gasteiger partial charge on any atom is -0.494 e. The van der Waals surface area contributed by atoms with Crippen molar-refractivity contribution in [3.05, 3.63) is 54.1 Å². The molecule has 0 unspecified atom stereocenters. The van der Waals surface area contributed by atoms with Gasteiger partial charge in [-0.25, -0.2) is 0 Å². The number of ether oxygens (including phenoxy) is 1. The third-order valence-corrected chi connectivity index (χ3v) is 5.49. The highest BCUT2D eigenvalue weighted by atomic mass is 16.5. The van der Waals surface area contributed by atoms with Gasteiger partial charge in [-0.2, -0.15) is 0 Å². The van der Waals surface area contributed by atoms with Crippen LogP contribution in [0.15, 0.2) is 48.5 Å². The molecule has 0 heterocycles. The number of amides is 2. The molecule has 0 aliphatic carbocycles. The lowest BCUT2D eigenvalue weighted by Gasteiger charge is -2.21. The maximum atomic E-state index is 12.8. The lowest BCUT2D eigenvalue weighted by Crippen LogP contribution is -2.32. The van der Waals surface area contributed by atoms with Crippen molar-refractivity contribution in [1.29, 1.82) is 0 Å². The number of benzene rings is 2. The van der Waals surface area contributed by atoms with Gasteiger partial charge >= 0.3 is 0 Å². The molecule has 2 amide bonds. The number of nitrogens with zero attached hydrogens (tertiary/aromatic N) is 1. The molecule has 0 bridgehead atoms. The summed E-state index contributed by atoms with van der Waals surface area (Å²) in [5, 5.41) is 6.00. The molecule has 6 nitrogen and oxygen atoms in total. The first kappa shape index (κ1) is 27.2. The fourth-order valence-corrected chi connectivity index (χ4v) is 3.72. The molecule has 0 aliphatic rings. The van der Waals surface area contributed by atoms with E-state index in [9.17, 15) is 9.59 Å². The van der Waals surface area contributed by atoms with E-state index in [1.54, 1.807) is 0 Å². The Balaban J connectivity index is 1.79. The monoisotopic (exact) mass is 467 g/mol. The highest BCUT2D eigenvalue weighted by molar-refractivity contribution is 5.96. The second-order valence-corrected chi connectivity index (χ2v) is 8.56. The van der Waals surface area contributed by atoms with Crippen LogP contribution in [-0.4, -0.2) is 43.0 Å². The van der Waals surface area contributed by atoms with Crippen LogP contribution in [0.4, 0.5) is 11.4 Å². The first-order valence-corrected chi connectivity index (χ1v) is 12.7. The molecule has 186 valence electrons. The van der Waals surface area contributed by atoms with Crippen LogP contribution in [0.5, 0.6) is 5.75 Å². The summed E-state index contributed by atoms with van der Waals surface area (Å²) in [5.74, 6) is 0.688. The third-order valence-electron chi connectivity index (χ3n) is 5.49. The number of hydrogen-bond donors (Lipinski definition) is 2. The van der Waals surface area contributed by atoms with Crippen molar-refractivity contribution in [2.24, 2.45) is 0 Å². The number of carbonyl (C=O) groups excluding carboxylic acids is 2. The molecular weight excluding hydrogens is 426 g/mol. The van der Waals surface area contributed by atoms with Crippen LogP contribution in [0.1, 0.15) is 76.1 Å². The van der Waals surface area contributed by atoms with E-state index >= 15 is 0 Å². The smallest absolute Gasteiger partial charge is 0.253 e. The molecule has 0 saturated carbocycles. The lowest BCUT2D eigenvalue weighted by molar-refractivity contribution is -0.114. The molecule has 0 saturated heterocycles. The number of rotatable bonds is 16. The Morgan fingerprint density at radius 1 is 0.824 bits per heavy atom. The summed E-state index contributed by atoms with van der Waals surface area (Å²) >= 11 is 0. The molecule has 0 aliphatic heterocycles. The summed E-state index contributed by atoms with van der Waals surface area (Å²) in [6.07, 6.45) is 7.89. The quantitative estimate of drug-likeness (QED) is 0.282. The summed E-state index contributed by atoms with van der Waals surface area (Å²) < 4.78 is 5.77. The fraction of sp³-hybridized carbons (Fsp3) is 0.500. The molecular formula is C28H41N3O3. The summed E-state index contributed by atoms with van der Waals surface area (Å²) in [7, 11) is 0. The van der Waals surface area contributed by atoms with E-state index in [-0.39, 0.29) is 18.4 Å². The number of unbranched alkanes of at least 4 members (excludes halogenated alkanes) is 4. The second kappa shape index (κ2) is 15.8. The van der Waals surface area contributed by atoms with E-state index < -0.39 is 0 Å². The highest BCUT2D eigenvalue weighted by Crippen LogP contribution is 2.17. The molecule has 2 aromatic rings. The van der Waals surface area contributed by atoms with Crippen molar-refractivity contribution < 1.29 is 14.3 Å². The Morgan fingerprint density at radius 3 is 2.21 bits per heavy atom. The normalized spacial score (nSPS) is 10.6. The Morgan fingerprint density at radius 2 is 1.53 bits per heavy atom. The Bertz CT molecular complexity index is 861. The maximum Gasteiger partial charge on any atom is 0.253 e. The molecule has 0 aromatic heterocycles. The lowest BCUT2D eigenvalue weighted by atomic mass is 10.1. The van der Waals surface area contributed by atoms with Crippen molar-refractivity contribution in [2.45, 2.75) is 65.7 Å². The zero-order valence-electron chi connectivity index (χ0n) is 21.1. The molecule has 0 spiro atoms. The standard InChI is InChI=1S/C28H41N3O3/c1-4-7-8-9-10-20-34-26-16-14-24(15-17-26)30-27(32)22-29-25-13-11-12-23(21-25)28(33)31(18-5-2)19-6-3/h11-17,21,29H,4-10,18-20,22H2,1-3H3,(H,30,32). The van der Waals surface area contributed by atoms with Crippen LogP contribution in [0.2, 0.25) is 0 Å². The zero-order chi connectivity index (χ0) is 24.6. The maximum absolute atomic E-state index is 12.8. The number of hydrogen-bond acceptors (Lipinski definition) is 4. The van der Waals surface area contributed by atoms with Gasteiger partial charge in [0.25, 0.3) is 5.91 Å². The molecule has 2 rings (SSSR count). The van der Waals surface area contributed by atoms with E-state index in [0.29, 0.717) is 5.56 Å². The van der Waals surface area contributed by atoms with Crippen LogP contribution in [0.25, 0.3) is 0 Å². The SMILES string of the molecule is CCCCCCCOc1ccc(NC(=O)CNc2cccc(C(=O)N(CCC)CCC)c2)cc1. The van der Waals surface area contributed by atoms with E-state index in [1.165, 1.54) is 25.7 Å². The minimum atomic E-state index is -0.153. The topological polar surface area (TPSA) is 70.7 Å². The molecule has 0 atom stereocenters. The van der Waals surface area contributed by atoms with Crippen LogP contribution >= 0.6 is 0 Å². The van der Waals surface area contributed by atoms with Crippen molar-refractivity contribution in [3.63, 3.8) is 0 Å². The van der Waals surface area contributed by atoms with Crippen LogP contribution in [-0.2, 0) is 4.79 Å². The molecule has 0 fully saturated rings. The van der Waals surface area contributed by atoms with E-state index in [0.717, 1.165) is 56.1 Å². The molecule has 2 aromatic carbocycles. The molecule has 6 heteroatoms. The first-order valence-electron chi connectivity index (χ1n) is 12.7. The van der Waals surface area contributed by atoms with Gasteiger partial charge in [0.1, 0.15) is 5.75 Å². The number of anilines is 2. The Kier molecular flexibility index (Phi) is 12.6. The number of carbonyl (C=O) groups is 2. The Labute approximate surface area is 205 Å². The van der Waals surface area contributed by atoms with E-state index in [2.05, 4.69) is 31.4 Å². The minimum absolute atomic E-state index is 0.0278. The predicted octanol–water partition coefficient (Wildman–Crippen LogP) is 6.35. The van der Waals surface area contributed by atoms with Gasteiger partial charge in [-0.05, 0) is 61.7 Å². The summed E-state index contributed by atoms with van der Waals surface area (Å²) in [5.41, 5.74) is 2.10. The van der Waals surface area contributed by atoms with Crippen LogP contribution in [0, 0.1) is 0 Å².